The Hall–Kier alpha value is -5.02. The van der Waals surface area contributed by atoms with Crippen LogP contribution in [0.2, 0.25) is 0 Å². The van der Waals surface area contributed by atoms with E-state index in [2.05, 4.69) is 10.6 Å². The topological polar surface area (TPSA) is 202 Å². The maximum Gasteiger partial charge on any atom is 0.407 e. The third-order valence-electron chi connectivity index (χ3n) is 7.77. The Morgan fingerprint density at radius 3 is 1.88 bits per heavy atom. The van der Waals surface area contributed by atoms with E-state index in [-0.39, 0.29) is 12.5 Å². The van der Waals surface area contributed by atoms with Crippen LogP contribution in [-0.4, -0.2) is 97.0 Å². The highest BCUT2D eigenvalue weighted by Crippen LogP contribution is 2.44. The predicted octanol–water partition coefficient (Wildman–Crippen LogP) is 2.04. The zero-order valence-electron chi connectivity index (χ0n) is 27.0. The number of carbonyl (C=O) groups is 6. The molecule has 0 saturated carbocycles. The number of carboxylic acids is 1. The molecule has 2 aromatic rings. The van der Waals surface area contributed by atoms with Gasteiger partial charge < -0.3 is 44.2 Å². The van der Waals surface area contributed by atoms with Crippen LogP contribution in [0.5, 0.6) is 0 Å². The molecule has 0 aromatic heterocycles. The van der Waals surface area contributed by atoms with Gasteiger partial charge in [0.15, 0.2) is 24.5 Å². The normalized spacial score (nSPS) is 22.6. The Kier molecular flexibility index (Phi) is 11.7. The summed E-state index contributed by atoms with van der Waals surface area (Å²) in [4.78, 5) is 73.2. The second kappa shape index (κ2) is 15.7. The number of esters is 3. The number of aliphatic carboxylic acids is 1. The summed E-state index contributed by atoms with van der Waals surface area (Å²) >= 11 is 0. The molecular weight excluding hydrogens is 632 g/mol. The van der Waals surface area contributed by atoms with Crippen LogP contribution in [-0.2, 0) is 52.4 Å². The van der Waals surface area contributed by atoms with Crippen LogP contribution in [0.1, 0.15) is 51.7 Å². The minimum atomic E-state index is -1.69. The largest absolute Gasteiger partial charge is 0.480 e. The average Bonchev–Trinajstić information content (AvgIpc) is 3.33. The van der Waals surface area contributed by atoms with E-state index in [1.165, 1.54) is 6.92 Å². The summed E-state index contributed by atoms with van der Waals surface area (Å²) in [6.07, 6.45) is -7.98. The van der Waals surface area contributed by atoms with Crippen LogP contribution in [0.15, 0.2) is 48.5 Å². The van der Waals surface area contributed by atoms with Crippen molar-refractivity contribution in [2.75, 3.05) is 13.2 Å². The molecule has 2 aliphatic rings. The van der Waals surface area contributed by atoms with Gasteiger partial charge in [-0.3, -0.25) is 19.2 Å². The minimum absolute atomic E-state index is 0.0722. The standard InChI is InChI=1S/C33H38N2O13/c1-16(27(31(40)41)35-33(42)44-14-25-23-12-8-6-10-21(23)22-11-7-9-13-24(22)25)45-32-28(34-17(2)36)30(47-20(5)39)29(46-19(4)38)26(48-32)15-43-18(3)37/h6-13,16,25-30,32H,14-15H2,1-5H3,(H,34,36)(H,35,42)(H,40,41)/t16-,26?,27?,28+,29+,30?,32+/m1/s1. The second-order valence-electron chi connectivity index (χ2n) is 11.3. The first-order chi connectivity index (χ1) is 22.8. The number of rotatable bonds is 12. The second-order valence-corrected chi connectivity index (χ2v) is 11.3. The van der Waals surface area contributed by atoms with Crippen molar-refractivity contribution in [1.29, 1.82) is 0 Å². The number of hydrogen-bond donors (Lipinski definition) is 3. The molecule has 2 amide bonds. The highest BCUT2D eigenvalue weighted by Gasteiger charge is 2.52. The molecule has 3 unspecified atom stereocenters. The Morgan fingerprint density at radius 1 is 0.792 bits per heavy atom. The number of ether oxygens (including phenoxy) is 6. The third-order valence-corrected chi connectivity index (χ3v) is 7.77. The fourth-order valence-corrected chi connectivity index (χ4v) is 5.84. The van der Waals surface area contributed by atoms with Crippen LogP contribution in [0, 0.1) is 0 Å². The highest BCUT2D eigenvalue weighted by molar-refractivity contribution is 5.81. The van der Waals surface area contributed by atoms with Crippen molar-refractivity contribution >= 4 is 35.9 Å². The number of amides is 2. The van der Waals surface area contributed by atoms with Gasteiger partial charge in [-0.15, -0.1) is 0 Å². The van der Waals surface area contributed by atoms with E-state index < -0.39 is 85.3 Å². The molecule has 4 rings (SSSR count). The molecule has 0 spiro atoms. The molecule has 2 aromatic carbocycles. The van der Waals surface area contributed by atoms with Gasteiger partial charge in [0.05, 0.1) is 6.10 Å². The van der Waals surface area contributed by atoms with E-state index in [4.69, 9.17) is 28.4 Å². The first-order valence-corrected chi connectivity index (χ1v) is 15.2. The monoisotopic (exact) mass is 670 g/mol. The predicted molar refractivity (Wildman–Crippen MR) is 164 cm³/mol. The molecule has 0 bridgehead atoms. The van der Waals surface area contributed by atoms with Crippen molar-refractivity contribution in [2.24, 2.45) is 0 Å². The number of fused-ring (bicyclic) bond motifs is 3. The van der Waals surface area contributed by atoms with Gasteiger partial charge in [0.1, 0.15) is 25.4 Å². The number of hydrogen-bond acceptors (Lipinski definition) is 12. The van der Waals surface area contributed by atoms with Crippen LogP contribution in [0.25, 0.3) is 11.1 Å². The lowest BCUT2D eigenvalue weighted by molar-refractivity contribution is -0.287. The number of carboxylic acid groups (broad SMARTS) is 1. The quantitative estimate of drug-likeness (QED) is 0.219. The summed E-state index contributed by atoms with van der Waals surface area (Å²) in [5.41, 5.74) is 3.97. The van der Waals surface area contributed by atoms with Crippen molar-refractivity contribution in [1.82, 2.24) is 10.6 Å². The highest BCUT2D eigenvalue weighted by atomic mass is 16.7. The first kappa shape index (κ1) is 35.8. The maximum atomic E-state index is 13.0. The van der Waals surface area contributed by atoms with Crippen LogP contribution in [0.3, 0.4) is 0 Å². The molecule has 1 heterocycles. The maximum absolute atomic E-state index is 13.0. The molecule has 7 atom stereocenters. The smallest absolute Gasteiger partial charge is 0.407 e. The Bertz CT molecular complexity index is 1500. The third kappa shape index (κ3) is 8.66. The molecule has 48 heavy (non-hydrogen) atoms. The van der Waals surface area contributed by atoms with E-state index in [1.54, 1.807) is 0 Å². The molecule has 1 aliphatic heterocycles. The SMILES string of the molecule is CC(=O)N[C@H]1C(OC(C)=O)[C@@H](OC(C)=O)C(COC(C)=O)O[C@@H]1O[C@H](C)C(NC(=O)OCC1c2ccccc2-c2ccccc21)C(=O)O. The fraction of sp³-hybridized carbons (Fsp3) is 0.455. The summed E-state index contributed by atoms with van der Waals surface area (Å²) in [5.74, 6) is -4.67. The van der Waals surface area contributed by atoms with Gasteiger partial charge in [0, 0.05) is 33.6 Å². The van der Waals surface area contributed by atoms with Gasteiger partial charge in [0.2, 0.25) is 5.91 Å². The zero-order chi connectivity index (χ0) is 35.1. The Balaban J connectivity index is 1.52. The van der Waals surface area contributed by atoms with Crippen molar-refractivity contribution < 1.29 is 62.3 Å². The van der Waals surface area contributed by atoms with Gasteiger partial charge in [-0.1, -0.05) is 48.5 Å². The molecule has 15 nitrogen and oxygen atoms in total. The molecule has 3 N–H and O–H groups in total. The lowest BCUT2D eigenvalue weighted by Gasteiger charge is -2.45. The first-order valence-electron chi connectivity index (χ1n) is 15.2. The summed E-state index contributed by atoms with van der Waals surface area (Å²) in [6.45, 7) is 5.26. The summed E-state index contributed by atoms with van der Waals surface area (Å²) in [6, 6.07) is 12.4. The van der Waals surface area contributed by atoms with Crippen LogP contribution < -0.4 is 10.6 Å². The van der Waals surface area contributed by atoms with E-state index in [1.807, 2.05) is 48.5 Å². The summed E-state index contributed by atoms with van der Waals surface area (Å²) in [5, 5.41) is 14.9. The Labute approximate surface area is 276 Å². The van der Waals surface area contributed by atoms with E-state index in [9.17, 15) is 33.9 Å². The van der Waals surface area contributed by atoms with Gasteiger partial charge >= 0.3 is 30.0 Å². The molecule has 1 aliphatic carbocycles. The molecule has 0 radical (unpaired) electrons. The number of alkyl carbamates (subject to hydrolysis) is 1. The molecule has 258 valence electrons. The zero-order valence-corrected chi connectivity index (χ0v) is 27.0. The lowest BCUT2D eigenvalue weighted by atomic mass is 9.95. The lowest BCUT2D eigenvalue weighted by Crippen LogP contribution is -2.67. The van der Waals surface area contributed by atoms with Gasteiger partial charge in [-0.2, -0.15) is 0 Å². The number of benzene rings is 2. The molecule has 15 heteroatoms. The van der Waals surface area contributed by atoms with E-state index >= 15 is 0 Å². The molecule has 1 saturated heterocycles. The molecular formula is C33H38N2O13. The van der Waals surface area contributed by atoms with Crippen molar-refractivity contribution in [3.05, 3.63) is 59.7 Å². The van der Waals surface area contributed by atoms with Crippen molar-refractivity contribution in [3.8, 4) is 11.1 Å². The van der Waals surface area contributed by atoms with Crippen molar-refractivity contribution in [3.63, 3.8) is 0 Å². The van der Waals surface area contributed by atoms with E-state index in [0.717, 1.165) is 49.9 Å². The van der Waals surface area contributed by atoms with Crippen LogP contribution >= 0.6 is 0 Å². The van der Waals surface area contributed by atoms with Gasteiger partial charge in [-0.25, -0.2) is 9.59 Å². The fourth-order valence-electron chi connectivity index (χ4n) is 5.84. The minimum Gasteiger partial charge on any atom is -0.480 e. The van der Waals surface area contributed by atoms with E-state index in [0.29, 0.717) is 0 Å². The number of carbonyl (C=O) groups excluding carboxylic acids is 5. The number of nitrogens with one attached hydrogen (secondary N) is 2. The summed E-state index contributed by atoms with van der Waals surface area (Å²) in [7, 11) is 0. The Morgan fingerprint density at radius 2 is 1.35 bits per heavy atom. The van der Waals surface area contributed by atoms with Crippen LogP contribution in [0.4, 0.5) is 4.79 Å². The molecule has 1 fully saturated rings. The average molecular weight is 671 g/mol. The summed E-state index contributed by atoms with van der Waals surface area (Å²) < 4.78 is 33.2. The van der Waals surface area contributed by atoms with Gasteiger partial charge in [-0.05, 0) is 29.2 Å². The van der Waals surface area contributed by atoms with Crippen molar-refractivity contribution in [2.45, 2.75) is 83.3 Å². The van der Waals surface area contributed by atoms with Gasteiger partial charge in [0.25, 0.3) is 0 Å².